The molecule has 0 saturated carbocycles. The first-order chi connectivity index (χ1) is 8.67. The quantitative estimate of drug-likeness (QED) is 0.684. The molecule has 1 rings (SSSR count). The smallest absolute Gasteiger partial charge is 0.221 e. The lowest BCUT2D eigenvalue weighted by Crippen LogP contribution is -2.28. The molecule has 0 aliphatic heterocycles. The molecule has 0 spiro atoms. The van der Waals surface area contributed by atoms with Crippen LogP contribution in [0.4, 0.5) is 0 Å². The molecule has 0 radical (unpaired) electrons. The second kappa shape index (κ2) is 7.87. The lowest BCUT2D eigenvalue weighted by atomic mass is 10.3. The van der Waals surface area contributed by atoms with E-state index in [1.807, 2.05) is 18.5 Å². The van der Waals surface area contributed by atoms with E-state index in [-0.39, 0.29) is 5.91 Å². The molecule has 0 unspecified atom stereocenters. The molecule has 0 atom stereocenters. The van der Waals surface area contributed by atoms with Gasteiger partial charge in [0.15, 0.2) is 0 Å². The second-order valence-corrected chi connectivity index (χ2v) is 4.37. The molecule has 18 heavy (non-hydrogen) atoms. The minimum absolute atomic E-state index is 0.115. The fourth-order valence-electron chi connectivity index (χ4n) is 1.79. The summed E-state index contributed by atoms with van der Waals surface area (Å²) in [6, 6.07) is 2.08. The predicted octanol–water partition coefficient (Wildman–Crippen LogP) is 1.22. The van der Waals surface area contributed by atoms with Gasteiger partial charge >= 0.3 is 0 Å². The molecule has 5 heteroatoms. The SMILES string of the molecule is CCCNC(=O)CCNCc1cc(C)nn1CC. The summed E-state index contributed by atoms with van der Waals surface area (Å²) in [5.41, 5.74) is 2.21. The number of aryl methyl sites for hydroxylation is 2. The van der Waals surface area contributed by atoms with E-state index >= 15 is 0 Å². The summed E-state index contributed by atoms with van der Waals surface area (Å²) in [5, 5.41) is 10.5. The number of hydrogen-bond donors (Lipinski definition) is 2. The molecule has 2 N–H and O–H groups in total. The molecule has 0 bridgehead atoms. The van der Waals surface area contributed by atoms with Gasteiger partial charge in [-0.25, -0.2) is 0 Å². The number of hydrogen-bond acceptors (Lipinski definition) is 3. The van der Waals surface area contributed by atoms with Crippen LogP contribution in [0.2, 0.25) is 0 Å². The van der Waals surface area contributed by atoms with Crippen LogP contribution in [0.1, 0.15) is 38.1 Å². The Balaban J connectivity index is 2.23. The maximum Gasteiger partial charge on any atom is 0.221 e. The Morgan fingerprint density at radius 2 is 2.17 bits per heavy atom. The molecule has 0 aliphatic carbocycles. The Hall–Kier alpha value is -1.36. The normalized spacial score (nSPS) is 10.6. The first-order valence-electron chi connectivity index (χ1n) is 6.68. The largest absolute Gasteiger partial charge is 0.356 e. The fraction of sp³-hybridized carbons (Fsp3) is 0.692. The average molecular weight is 252 g/mol. The van der Waals surface area contributed by atoms with Gasteiger partial charge in [0.05, 0.1) is 11.4 Å². The number of carbonyl (C=O) groups excluding carboxylic acids is 1. The molecule has 1 aromatic heterocycles. The van der Waals surface area contributed by atoms with Crippen molar-refractivity contribution in [3.05, 3.63) is 17.5 Å². The zero-order chi connectivity index (χ0) is 13.4. The maximum atomic E-state index is 11.4. The summed E-state index contributed by atoms with van der Waals surface area (Å²) in [7, 11) is 0. The number of nitrogens with one attached hydrogen (secondary N) is 2. The molecular formula is C13H24N4O. The van der Waals surface area contributed by atoms with E-state index in [9.17, 15) is 4.79 Å². The summed E-state index contributed by atoms with van der Waals surface area (Å²) in [4.78, 5) is 11.4. The minimum Gasteiger partial charge on any atom is -0.356 e. The van der Waals surface area contributed by atoms with Gasteiger partial charge in [0.2, 0.25) is 5.91 Å². The van der Waals surface area contributed by atoms with Crippen LogP contribution in [0, 0.1) is 6.92 Å². The van der Waals surface area contributed by atoms with E-state index in [1.54, 1.807) is 0 Å². The lowest BCUT2D eigenvalue weighted by molar-refractivity contribution is -0.120. The van der Waals surface area contributed by atoms with Crippen molar-refractivity contribution in [3.63, 3.8) is 0 Å². The van der Waals surface area contributed by atoms with Crippen molar-refractivity contribution in [1.29, 1.82) is 0 Å². The van der Waals surface area contributed by atoms with Crippen molar-refractivity contribution < 1.29 is 4.79 Å². The molecule has 5 nitrogen and oxygen atoms in total. The van der Waals surface area contributed by atoms with E-state index in [1.165, 1.54) is 5.69 Å². The Morgan fingerprint density at radius 3 is 2.83 bits per heavy atom. The molecule has 1 heterocycles. The van der Waals surface area contributed by atoms with Gasteiger partial charge in [-0.3, -0.25) is 9.48 Å². The fourth-order valence-corrected chi connectivity index (χ4v) is 1.79. The van der Waals surface area contributed by atoms with Gasteiger partial charge < -0.3 is 10.6 Å². The van der Waals surface area contributed by atoms with Crippen molar-refractivity contribution in [1.82, 2.24) is 20.4 Å². The lowest BCUT2D eigenvalue weighted by Gasteiger charge is -2.07. The highest BCUT2D eigenvalue weighted by molar-refractivity contribution is 5.75. The number of carbonyl (C=O) groups is 1. The molecule has 0 saturated heterocycles. The van der Waals surface area contributed by atoms with Crippen LogP contribution in [-0.2, 0) is 17.9 Å². The monoisotopic (exact) mass is 252 g/mol. The molecule has 0 aliphatic rings. The molecule has 102 valence electrons. The third-order valence-corrected chi connectivity index (χ3v) is 2.69. The summed E-state index contributed by atoms with van der Waals surface area (Å²) in [5.74, 6) is 0.115. The third-order valence-electron chi connectivity index (χ3n) is 2.69. The van der Waals surface area contributed by atoms with Gasteiger partial charge in [-0.15, -0.1) is 0 Å². The van der Waals surface area contributed by atoms with Crippen molar-refractivity contribution >= 4 is 5.91 Å². The zero-order valence-corrected chi connectivity index (χ0v) is 11.6. The van der Waals surface area contributed by atoms with Gasteiger partial charge in [-0.1, -0.05) is 6.92 Å². The van der Waals surface area contributed by atoms with Gasteiger partial charge in [0.25, 0.3) is 0 Å². The zero-order valence-electron chi connectivity index (χ0n) is 11.6. The van der Waals surface area contributed by atoms with E-state index < -0.39 is 0 Å². The van der Waals surface area contributed by atoms with Crippen molar-refractivity contribution in [2.24, 2.45) is 0 Å². The summed E-state index contributed by atoms with van der Waals surface area (Å²) >= 11 is 0. The number of amides is 1. The predicted molar refractivity (Wildman–Crippen MR) is 72.3 cm³/mol. The summed E-state index contributed by atoms with van der Waals surface area (Å²) in [6.45, 7) is 9.22. The highest BCUT2D eigenvalue weighted by Gasteiger charge is 2.04. The highest BCUT2D eigenvalue weighted by Crippen LogP contribution is 2.03. The van der Waals surface area contributed by atoms with Gasteiger partial charge in [-0.2, -0.15) is 5.10 Å². The van der Waals surface area contributed by atoms with Crippen molar-refractivity contribution in [2.75, 3.05) is 13.1 Å². The Bertz CT molecular complexity index is 373. The van der Waals surface area contributed by atoms with E-state index in [4.69, 9.17) is 0 Å². The number of rotatable bonds is 8. The minimum atomic E-state index is 0.115. The van der Waals surface area contributed by atoms with Gasteiger partial charge in [0.1, 0.15) is 0 Å². The van der Waals surface area contributed by atoms with E-state index in [2.05, 4.69) is 28.7 Å². The Kier molecular flexibility index (Phi) is 6.43. The third kappa shape index (κ3) is 4.87. The van der Waals surface area contributed by atoms with Crippen LogP contribution in [-0.4, -0.2) is 28.8 Å². The first-order valence-corrected chi connectivity index (χ1v) is 6.68. The summed E-state index contributed by atoms with van der Waals surface area (Å²) < 4.78 is 1.99. The van der Waals surface area contributed by atoms with E-state index in [0.29, 0.717) is 13.0 Å². The standard InChI is InChI=1S/C13H24N4O/c1-4-7-15-13(18)6-8-14-10-12-9-11(3)16-17(12)5-2/h9,14H,4-8,10H2,1-3H3,(H,15,18). The van der Waals surface area contributed by atoms with Crippen molar-refractivity contribution in [3.8, 4) is 0 Å². The highest BCUT2D eigenvalue weighted by atomic mass is 16.1. The van der Waals surface area contributed by atoms with Crippen LogP contribution in [0.5, 0.6) is 0 Å². The Morgan fingerprint density at radius 1 is 1.39 bits per heavy atom. The molecule has 0 fully saturated rings. The topological polar surface area (TPSA) is 59.0 Å². The van der Waals surface area contributed by atoms with E-state index in [0.717, 1.165) is 31.7 Å². The van der Waals surface area contributed by atoms with Crippen molar-refractivity contribution in [2.45, 2.75) is 46.7 Å². The van der Waals surface area contributed by atoms with Gasteiger partial charge in [0, 0.05) is 32.6 Å². The molecule has 0 aromatic carbocycles. The molecule has 1 amide bonds. The van der Waals surface area contributed by atoms with Gasteiger partial charge in [-0.05, 0) is 26.3 Å². The van der Waals surface area contributed by atoms with Crippen LogP contribution >= 0.6 is 0 Å². The average Bonchev–Trinajstić information content (AvgIpc) is 2.72. The molecular weight excluding hydrogens is 228 g/mol. The second-order valence-electron chi connectivity index (χ2n) is 4.37. The van der Waals surface area contributed by atoms with Crippen LogP contribution in [0.15, 0.2) is 6.07 Å². The Labute approximate surface area is 109 Å². The molecule has 1 aromatic rings. The van der Waals surface area contributed by atoms with Crippen LogP contribution in [0.3, 0.4) is 0 Å². The first kappa shape index (κ1) is 14.7. The number of aromatic nitrogens is 2. The maximum absolute atomic E-state index is 11.4. The number of nitrogens with zero attached hydrogens (tertiary/aromatic N) is 2. The van der Waals surface area contributed by atoms with Crippen LogP contribution < -0.4 is 10.6 Å². The summed E-state index contributed by atoms with van der Waals surface area (Å²) in [6.07, 6.45) is 1.51. The van der Waals surface area contributed by atoms with Crippen LogP contribution in [0.25, 0.3) is 0 Å².